The van der Waals surface area contributed by atoms with E-state index in [2.05, 4.69) is 24.0 Å². The van der Waals surface area contributed by atoms with Crippen molar-refractivity contribution in [2.24, 2.45) is 4.99 Å². The van der Waals surface area contributed by atoms with Gasteiger partial charge in [0.25, 0.3) is 0 Å². The van der Waals surface area contributed by atoms with E-state index in [4.69, 9.17) is 19.0 Å². The first-order chi connectivity index (χ1) is 13.6. The molecule has 3 aromatic rings. The second-order valence-electron chi connectivity index (χ2n) is 6.05. The van der Waals surface area contributed by atoms with E-state index in [1.807, 2.05) is 24.3 Å². The van der Waals surface area contributed by atoms with Crippen LogP contribution in [-0.2, 0) is 13.0 Å². The Labute approximate surface area is 163 Å². The molecule has 0 atom stereocenters. The first-order valence-electron chi connectivity index (χ1n) is 8.85. The van der Waals surface area contributed by atoms with E-state index >= 15 is 0 Å². The lowest BCUT2D eigenvalue weighted by Crippen LogP contribution is -1.98. The topological polar surface area (TPSA) is 81.3 Å². The van der Waals surface area contributed by atoms with E-state index in [0.717, 1.165) is 17.7 Å². The number of hydrogen-bond donors (Lipinski definition) is 1. The largest absolute Gasteiger partial charge is 0.493 e. The van der Waals surface area contributed by atoms with Crippen molar-refractivity contribution >= 4 is 17.9 Å². The van der Waals surface area contributed by atoms with Crippen molar-refractivity contribution in [1.29, 1.82) is 0 Å². The maximum Gasteiger partial charge on any atom is 0.371 e. The van der Waals surface area contributed by atoms with E-state index in [1.54, 1.807) is 25.5 Å². The average Bonchev–Trinajstić information content (AvgIpc) is 3.20. The molecule has 0 amide bonds. The summed E-state index contributed by atoms with van der Waals surface area (Å²) < 4.78 is 16.3. The van der Waals surface area contributed by atoms with Crippen molar-refractivity contribution in [2.45, 2.75) is 20.0 Å². The van der Waals surface area contributed by atoms with Crippen molar-refractivity contribution in [2.75, 3.05) is 7.11 Å². The minimum Gasteiger partial charge on any atom is -0.493 e. The van der Waals surface area contributed by atoms with Gasteiger partial charge in [0.2, 0.25) is 5.76 Å². The molecular formula is C22H21NO5. The Morgan fingerprint density at radius 3 is 2.54 bits per heavy atom. The Balaban J connectivity index is 1.68. The third kappa shape index (κ3) is 4.79. The first kappa shape index (κ1) is 19.2. The van der Waals surface area contributed by atoms with E-state index in [1.165, 1.54) is 11.6 Å². The van der Waals surface area contributed by atoms with Crippen LogP contribution in [0.3, 0.4) is 0 Å². The van der Waals surface area contributed by atoms with E-state index in [-0.39, 0.29) is 12.4 Å². The predicted octanol–water partition coefficient (Wildman–Crippen LogP) is 4.88. The average molecular weight is 379 g/mol. The summed E-state index contributed by atoms with van der Waals surface area (Å²) in [5.74, 6) is 0.261. The zero-order valence-corrected chi connectivity index (χ0v) is 15.7. The molecule has 0 saturated heterocycles. The summed E-state index contributed by atoms with van der Waals surface area (Å²) in [6.07, 6.45) is 2.76. The summed E-state index contributed by atoms with van der Waals surface area (Å²) in [7, 11) is 1.56. The van der Waals surface area contributed by atoms with Gasteiger partial charge in [0, 0.05) is 6.21 Å². The van der Waals surface area contributed by atoms with Gasteiger partial charge in [0.15, 0.2) is 11.5 Å². The summed E-state index contributed by atoms with van der Waals surface area (Å²) >= 11 is 0. The third-order valence-corrected chi connectivity index (χ3v) is 4.14. The number of aliphatic imine (C=N–C) groups is 1. The number of rotatable bonds is 8. The molecule has 0 bridgehead atoms. The number of furan rings is 1. The molecule has 6 nitrogen and oxygen atoms in total. The smallest absolute Gasteiger partial charge is 0.371 e. The van der Waals surface area contributed by atoms with Gasteiger partial charge in [-0.1, -0.05) is 19.1 Å². The van der Waals surface area contributed by atoms with E-state index in [0.29, 0.717) is 17.3 Å². The minimum absolute atomic E-state index is 0.0981. The SMILES string of the molecule is CCc1ccc(N=Cc2ccc(OCc3ccc(C(=O)O)o3)c(OC)c2)cc1. The zero-order chi connectivity index (χ0) is 19.9. The minimum atomic E-state index is -1.11. The van der Waals surface area contributed by atoms with Crippen LogP contribution in [-0.4, -0.2) is 24.4 Å². The van der Waals surface area contributed by atoms with Crippen molar-refractivity contribution in [1.82, 2.24) is 0 Å². The van der Waals surface area contributed by atoms with Crippen molar-refractivity contribution in [3.8, 4) is 11.5 Å². The maximum atomic E-state index is 10.9. The molecule has 1 heterocycles. The predicted molar refractivity (Wildman–Crippen MR) is 106 cm³/mol. The number of ether oxygens (including phenoxy) is 2. The molecule has 0 aliphatic carbocycles. The Morgan fingerprint density at radius 1 is 1.11 bits per heavy atom. The molecule has 0 saturated carbocycles. The van der Waals surface area contributed by atoms with Gasteiger partial charge in [-0.05, 0) is 60.0 Å². The van der Waals surface area contributed by atoms with E-state index < -0.39 is 5.97 Å². The molecule has 0 aliphatic heterocycles. The molecule has 2 aromatic carbocycles. The molecular weight excluding hydrogens is 358 g/mol. The van der Waals surface area contributed by atoms with Crippen molar-refractivity contribution < 1.29 is 23.8 Å². The maximum absolute atomic E-state index is 10.9. The highest BCUT2D eigenvalue weighted by molar-refractivity contribution is 5.84. The van der Waals surface area contributed by atoms with Crippen LogP contribution in [0.25, 0.3) is 0 Å². The summed E-state index contributed by atoms with van der Waals surface area (Å²) in [5.41, 5.74) is 3.02. The molecule has 28 heavy (non-hydrogen) atoms. The Hall–Kier alpha value is -3.54. The summed E-state index contributed by atoms with van der Waals surface area (Å²) in [6, 6.07) is 16.5. The molecule has 6 heteroatoms. The number of nitrogens with zero attached hydrogens (tertiary/aromatic N) is 1. The normalized spacial score (nSPS) is 10.9. The van der Waals surface area contributed by atoms with Crippen molar-refractivity contribution in [3.63, 3.8) is 0 Å². The lowest BCUT2D eigenvalue weighted by atomic mass is 10.1. The number of benzene rings is 2. The van der Waals surface area contributed by atoms with Crippen LogP contribution in [0, 0.1) is 0 Å². The molecule has 3 rings (SSSR count). The van der Waals surface area contributed by atoms with Gasteiger partial charge in [-0.15, -0.1) is 0 Å². The fourth-order valence-electron chi connectivity index (χ4n) is 2.57. The van der Waals surface area contributed by atoms with Crippen LogP contribution in [0.2, 0.25) is 0 Å². The lowest BCUT2D eigenvalue weighted by Gasteiger charge is -2.10. The highest BCUT2D eigenvalue weighted by Gasteiger charge is 2.11. The molecule has 0 spiro atoms. The van der Waals surface area contributed by atoms with Crippen LogP contribution in [0.1, 0.15) is 34.4 Å². The van der Waals surface area contributed by atoms with Gasteiger partial charge in [0.1, 0.15) is 12.4 Å². The highest BCUT2D eigenvalue weighted by Crippen LogP contribution is 2.29. The van der Waals surface area contributed by atoms with Gasteiger partial charge in [-0.2, -0.15) is 0 Å². The molecule has 1 aromatic heterocycles. The fraction of sp³-hybridized carbons (Fsp3) is 0.182. The Kier molecular flexibility index (Phi) is 6.11. The molecule has 144 valence electrons. The number of aromatic carboxylic acids is 1. The molecule has 1 N–H and O–H groups in total. The number of aryl methyl sites for hydroxylation is 1. The van der Waals surface area contributed by atoms with Crippen LogP contribution < -0.4 is 9.47 Å². The lowest BCUT2D eigenvalue weighted by molar-refractivity contribution is 0.0658. The quantitative estimate of drug-likeness (QED) is 0.564. The van der Waals surface area contributed by atoms with Crippen LogP contribution >= 0.6 is 0 Å². The van der Waals surface area contributed by atoms with Crippen LogP contribution in [0.5, 0.6) is 11.5 Å². The standard InChI is InChI=1S/C22H21NO5/c1-3-15-4-7-17(8-5-15)23-13-16-6-10-19(21(12-16)26-2)27-14-18-9-11-20(28-18)22(24)25/h4-13H,3,14H2,1-2H3,(H,24,25). The third-order valence-electron chi connectivity index (χ3n) is 4.14. The summed E-state index contributed by atoms with van der Waals surface area (Å²) in [5, 5.41) is 8.89. The number of methoxy groups -OCH3 is 1. The summed E-state index contributed by atoms with van der Waals surface area (Å²) in [6.45, 7) is 2.21. The van der Waals surface area contributed by atoms with Gasteiger partial charge in [0.05, 0.1) is 12.8 Å². The number of hydrogen-bond acceptors (Lipinski definition) is 5. The van der Waals surface area contributed by atoms with Gasteiger partial charge >= 0.3 is 5.97 Å². The molecule has 0 aliphatic rings. The number of carbonyl (C=O) groups is 1. The highest BCUT2D eigenvalue weighted by atomic mass is 16.5. The van der Waals surface area contributed by atoms with Crippen LogP contribution in [0.15, 0.2) is 64.0 Å². The van der Waals surface area contributed by atoms with E-state index in [9.17, 15) is 4.79 Å². The van der Waals surface area contributed by atoms with Crippen molar-refractivity contribution in [3.05, 3.63) is 77.2 Å². The number of carboxylic acids is 1. The fourth-order valence-corrected chi connectivity index (χ4v) is 2.57. The molecule has 0 radical (unpaired) electrons. The number of carboxylic acid groups (broad SMARTS) is 1. The second kappa shape index (κ2) is 8.90. The first-order valence-corrected chi connectivity index (χ1v) is 8.85. The zero-order valence-electron chi connectivity index (χ0n) is 15.7. The van der Waals surface area contributed by atoms with Gasteiger partial charge < -0.3 is 19.0 Å². The molecule has 0 unspecified atom stereocenters. The van der Waals surface area contributed by atoms with Gasteiger partial charge in [-0.25, -0.2) is 4.79 Å². The monoisotopic (exact) mass is 379 g/mol. The van der Waals surface area contributed by atoms with Gasteiger partial charge in [-0.3, -0.25) is 4.99 Å². The molecule has 0 fully saturated rings. The Bertz CT molecular complexity index is 973. The van der Waals surface area contributed by atoms with Crippen LogP contribution in [0.4, 0.5) is 5.69 Å². The second-order valence-corrected chi connectivity index (χ2v) is 6.05. The Morgan fingerprint density at radius 2 is 1.89 bits per heavy atom. The summed E-state index contributed by atoms with van der Waals surface area (Å²) in [4.78, 5) is 15.3.